The average molecular weight is 343 g/mol. The molecule has 25 heavy (non-hydrogen) atoms. The summed E-state index contributed by atoms with van der Waals surface area (Å²) in [5.74, 6) is 1.85. The van der Waals surface area contributed by atoms with Crippen LogP contribution in [-0.2, 0) is 17.4 Å². The largest absolute Gasteiger partial charge is 0.418 e. The number of rotatable bonds is 4. The van der Waals surface area contributed by atoms with E-state index in [2.05, 4.69) is 17.8 Å². The fourth-order valence-electron chi connectivity index (χ4n) is 2.46. The second kappa shape index (κ2) is 7.27. The van der Waals surface area contributed by atoms with Crippen molar-refractivity contribution in [2.24, 2.45) is 0 Å². The summed E-state index contributed by atoms with van der Waals surface area (Å²) < 4.78 is 39.9. The third-order valence-electron chi connectivity index (χ3n) is 3.69. The lowest BCUT2D eigenvalue weighted by Crippen LogP contribution is -2.15. The number of benzene rings is 2. The Morgan fingerprint density at radius 3 is 2.44 bits per heavy atom. The molecule has 2 aromatic carbocycles. The molecule has 0 aliphatic heterocycles. The summed E-state index contributed by atoms with van der Waals surface area (Å²) in [5.41, 5.74) is 1.80. The Labute approximate surface area is 144 Å². The Balaban J connectivity index is 2.36. The number of carbonyl (C=O) groups excluding carboxylic acids is 1. The van der Waals surface area contributed by atoms with Crippen LogP contribution in [0.4, 0.5) is 18.9 Å². The van der Waals surface area contributed by atoms with E-state index in [0.29, 0.717) is 12.0 Å². The van der Waals surface area contributed by atoms with Gasteiger partial charge in [0.1, 0.15) is 0 Å². The molecule has 2 aromatic rings. The zero-order valence-corrected chi connectivity index (χ0v) is 13.6. The summed E-state index contributed by atoms with van der Waals surface area (Å²) in [7, 11) is 0. The van der Waals surface area contributed by atoms with Crippen molar-refractivity contribution in [3.05, 3.63) is 76.9 Å². The van der Waals surface area contributed by atoms with Gasteiger partial charge in [0.15, 0.2) is 0 Å². The first-order valence-corrected chi connectivity index (χ1v) is 7.44. The van der Waals surface area contributed by atoms with Crippen molar-refractivity contribution in [1.29, 1.82) is 0 Å². The first-order valence-electron chi connectivity index (χ1n) is 7.44. The summed E-state index contributed by atoms with van der Waals surface area (Å²) >= 11 is 0. The minimum atomic E-state index is -4.58. The molecule has 0 aliphatic carbocycles. The summed E-state index contributed by atoms with van der Waals surface area (Å²) in [4.78, 5) is 11.3. The van der Waals surface area contributed by atoms with E-state index in [0.717, 1.165) is 28.8 Å². The minimum Gasteiger partial charge on any atom is -0.322 e. The molecule has 2 rings (SSSR count). The van der Waals surface area contributed by atoms with Crippen LogP contribution in [0.5, 0.6) is 0 Å². The Kier molecular flexibility index (Phi) is 5.33. The smallest absolute Gasteiger partial charge is 0.322 e. The number of nitrogens with one attached hydrogen (secondary N) is 1. The number of hydrogen-bond donors (Lipinski definition) is 1. The van der Waals surface area contributed by atoms with Gasteiger partial charge in [0.25, 0.3) is 0 Å². The van der Waals surface area contributed by atoms with Gasteiger partial charge < -0.3 is 5.32 Å². The summed E-state index contributed by atoms with van der Waals surface area (Å²) in [5, 5.41) is 2.18. The molecular formula is C20H16F3NO. The number of alkyl halides is 3. The van der Waals surface area contributed by atoms with Crippen molar-refractivity contribution in [1.82, 2.24) is 0 Å². The van der Waals surface area contributed by atoms with Crippen LogP contribution >= 0.6 is 0 Å². The van der Waals surface area contributed by atoms with Crippen LogP contribution in [0.25, 0.3) is 0 Å². The lowest BCUT2D eigenvalue weighted by Gasteiger charge is -2.15. The number of anilines is 1. The molecule has 1 N–H and O–H groups in total. The molecule has 128 valence electrons. The van der Waals surface area contributed by atoms with E-state index in [9.17, 15) is 18.0 Å². The maximum Gasteiger partial charge on any atom is 0.418 e. The Morgan fingerprint density at radius 2 is 1.88 bits per heavy atom. The van der Waals surface area contributed by atoms with Crippen LogP contribution in [0.2, 0.25) is 0 Å². The van der Waals surface area contributed by atoms with Gasteiger partial charge in [0.05, 0.1) is 11.3 Å². The maximum absolute atomic E-state index is 13.3. The van der Waals surface area contributed by atoms with Gasteiger partial charge >= 0.3 is 6.18 Å². The van der Waals surface area contributed by atoms with Crippen LogP contribution in [0, 0.1) is 19.3 Å². The molecule has 0 unspecified atom stereocenters. The molecule has 5 heteroatoms. The summed E-state index contributed by atoms with van der Waals surface area (Å²) in [6.45, 7) is 5.09. The van der Waals surface area contributed by atoms with E-state index < -0.39 is 17.6 Å². The second-order valence-electron chi connectivity index (χ2n) is 5.54. The van der Waals surface area contributed by atoms with Gasteiger partial charge in [-0.3, -0.25) is 4.79 Å². The van der Waals surface area contributed by atoms with E-state index >= 15 is 0 Å². The molecule has 0 radical (unpaired) electrons. The van der Waals surface area contributed by atoms with Gasteiger partial charge in [-0.05, 0) is 54.3 Å². The van der Waals surface area contributed by atoms with E-state index in [1.807, 2.05) is 13.0 Å². The first-order chi connectivity index (χ1) is 11.7. The molecule has 0 saturated heterocycles. The fourth-order valence-corrected chi connectivity index (χ4v) is 2.46. The van der Waals surface area contributed by atoms with Crippen LogP contribution in [-0.4, -0.2) is 5.91 Å². The molecule has 2 nitrogen and oxygen atoms in total. The molecule has 0 bridgehead atoms. The fraction of sp³-hybridized carbons (Fsp3) is 0.150. The zero-order chi connectivity index (χ0) is 18.6. The molecule has 0 saturated carbocycles. The Hall–Kier alpha value is -3.00. The molecule has 0 aromatic heterocycles. The standard InChI is InChI=1S/C20H16F3NO/c1-4-16-8-6-14(10-13(16)3)11-15-7-9-18(24-19(25)5-2)17(12-15)20(21,22)23/h1,5-10,12H,2,11H2,3H3,(H,24,25). The van der Waals surface area contributed by atoms with Crippen molar-refractivity contribution in [3.63, 3.8) is 0 Å². The predicted octanol–water partition coefficient (Wildman–Crippen LogP) is 4.71. The third kappa shape index (κ3) is 4.51. The maximum atomic E-state index is 13.3. The number of amides is 1. The van der Waals surface area contributed by atoms with E-state index in [4.69, 9.17) is 6.42 Å². The first kappa shape index (κ1) is 18.3. The van der Waals surface area contributed by atoms with Gasteiger partial charge in [0, 0.05) is 5.56 Å². The van der Waals surface area contributed by atoms with E-state index in [-0.39, 0.29) is 5.69 Å². The SMILES string of the molecule is C#Cc1ccc(Cc2ccc(NC(=O)C=C)c(C(F)(F)F)c2)cc1C. The normalized spacial score (nSPS) is 10.8. The van der Waals surface area contributed by atoms with Crippen LogP contribution in [0.15, 0.2) is 49.1 Å². The summed E-state index contributed by atoms with van der Waals surface area (Å²) in [6, 6.07) is 9.27. The molecule has 0 spiro atoms. The van der Waals surface area contributed by atoms with Crippen molar-refractivity contribution in [2.45, 2.75) is 19.5 Å². The molecule has 0 aliphatic rings. The van der Waals surface area contributed by atoms with Crippen LogP contribution in [0.3, 0.4) is 0 Å². The predicted molar refractivity (Wildman–Crippen MR) is 92.2 cm³/mol. The lowest BCUT2D eigenvalue weighted by molar-refractivity contribution is -0.137. The molecule has 0 atom stereocenters. The molecule has 1 amide bonds. The Bertz CT molecular complexity index is 860. The van der Waals surface area contributed by atoms with Crippen molar-refractivity contribution < 1.29 is 18.0 Å². The van der Waals surface area contributed by atoms with Crippen molar-refractivity contribution in [3.8, 4) is 12.3 Å². The highest BCUT2D eigenvalue weighted by Gasteiger charge is 2.34. The highest BCUT2D eigenvalue weighted by atomic mass is 19.4. The molecule has 0 fully saturated rings. The number of halogens is 3. The second-order valence-corrected chi connectivity index (χ2v) is 5.54. The Morgan fingerprint density at radius 1 is 1.24 bits per heavy atom. The molecule has 0 heterocycles. The zero-order valence-electron chi connectivity index (χ0n) is 13.6. The lowest BCUT2D eigenvalue weighted by atomic mass is 9.98. The van der Waals surface area contributed by atoms with Crippen LogP contribution < -0.4 is 5.32 Å². The topological polar surface area (TPSA) is 29.1 Å². The van der Waals surface area contributed by atoms with Crippen molar-refractivity contribution in [2.75, 3.05) is 5.32 Å². The van der Waals surface area contributed by atoms with Gasteiger partial charge in [-0.2, -0.15) is 13.2 Å². The van der Waals surface area contributed by atoms with E-state index in [1.165, 1.54) is 6.07 Å². The van der Waals surface area contributed by atoms with Gasteiger partial charge in [-0.25, -0.2) is 0 Å². The quantitative estimate of drug-likeness (QED) is 0.632. The average Bonchev–Trinajstić information content (AvgIpc) is 2.55. The van der Waals surface area contributed by atoms with E-state index in [1.54, 1.807) is 18.2 Å². The highest BCUT2D eigenvalue weighted by molar-refractivity contribution is 5.99. The van der Waals surface area contributed by atoms with Crippen LogP contribution in [0.1, 0.15) is 27.8 Å². The summed E-state index contributed by atoms with van der Waals surface area (Å²) in [6.07, 6.45) is 2.04. The number of carbonyl (C=O) groups is 1. The highest BCUT2D eigenvalue weighted by Crippen LogP contribution is 2.36. The van der Waals surface area contributed by atoms with Crippen molar-refractivity contribution >= 4 is 11.6 Å². The number of aryl methyl sites for hydroxylation is 1. The van der Waals surface area contributed by atoms with Gasteiger partial charge in [-0.15, -0.1) is 6.42 Å². The third-order valence-corrected chi connectivity index (χ3v) is 3.69. The monoisotopic (exact) mass is 343 g/mol. The molecular weight excluding hydrogens is 327 g/mol. The minimum absolute atomic E-state index is 0.292. The number of hydrogen-bond acceptors (Lipinski definition) is 1. The number of terminal acetylenes is 1. The van der Waals surface area contributed by atoms with Gasteiger partial charge in [-0.1, -0.05) is 30.7 Å². The van der Waals surface area contributed by atoms with Gasteiger partial charge in [0.2, 0.25) is 5.91 Å².